The second kappa shape index (κ2) is 5.39. The molecule has 0 saturated carbocycles. The summed E-state index contributed by atoms with van der Waals surface area (Å²) in [6, 6.07) is 0.420. The first-order chi connectivity index (χ1) is 8.59. The van der Waals surface area contributed by atoms with Crippen LogP contribution >= 0.6 is 0 Å². The second-order valence-electron chi connectivity index (χ2n) is 4.95. The third kappa shape index (κ3) is 2.64. The molecule has 2 rings (SSSR count). The molecule has 1 aromatic rings. The Morgan fingerprint density at radius 1 is 1.61 bits per heavy atom. The standard InChI is InChI=1S/C12H21N5O/c1-8-10(13)11(16-15-8)12(18)14-7-9-5-3-4-6-17(9)2/h9H,3-7,13H2,1-2H3,(H,14,18)(H,15,16). The van der Waals surface area contributed by atoms with Crippen LogP contribution in [0.25, 0.3) is 0 Å². The van der Waals surface area contributed by atoms with Gasteiger partial charge in [0.1, 0.15) is 0 Å². The van der Waals surface area contributed by atoms with E-state index in [9.17, 15) is 4.79 Å². The highest BCUT2D eigenvalue weighted by Gasteiger charge is 2.21. The lowest BCUT2D eigenvalue weighted by Gasteiger charge is -2.32. The molecule has 0 radical (unpaired) electrons. The number of nitrogens with two attached hydrogens (primary N) is 1. The van der Waals surface area contributed by atoms with E-state index in [4.69, 9.17) is 5.73 Å². The molecule has 6 nitrogen and oxygen atoms in total. The van der Waals surface area contributed by atoms with Crippen LogP contribution < -0.4 is 11.1 Å². The van der Waals surface area contributed by atoms with Gasteiger partial charge in [0.05, 0.1) is 11.4 Å². The average Bonchev–Trinajstić information content (AvgIpc) is 2.69. The van der Waals surface area contributed by atoms with Gasteiger partial charge in [-0.05, 0) is 33.4 Å². The normalized spacial score (nSPS) is 20.9. The Balaban J connectivity index is 1.90. The topological polar surface area (TPSA) is 87.0 Å². The van der Waals surface area contributed by atoms with E-state index >= 15 is 0 Å². The predicted octanol–water partition coefficient (Wildman–Crippen LogP) is 0.514. The number of aromatic nitrogens is 2. The van der Waals surface area contributed by atoms with Gasteiger partial charge in [-0.25, -0.2) is 0 Å². The number of rotatable bonds is 3. The highest BCUT2D eigenvalue weighted by Crippen LogP contribution is 2.15. The molecule has 0 bridgehead atoms. The molecular formula is C12H21N5O. The second-order valence-corrected chi connectivity index (χ2v) is 4.95. The van der Waals surface area contributed by atoms with Gasteiger partial charge in [-0.2, -0.15) is 5.10 Å². The molecule has 2 heterocycles. The van der Waals surface area contributed by atoms with Crippen molar-refractivity contribution in [1.82, 2.24) is 20.4 Å². The minimum atomic E-state index is -0.198. The molecule has 1 saturated heterocycles. The van der Waals surface area contributed by atoms with Gasteiger partial charge in [-0.1, -0.05) is 6.42 Å². The summed E-state index contributed by atoms with van der Waals surface area (Å²) in [5.41, 5.74) is 7.24. The number of carbonyl (C=O) groups excluding carboxylic acids is 1. The van der Waals surface area contributed by atoms with Crippen molar-refractivity contribution in [2.45, 2.75) is 32.2 Å². The minimum Gasteiger partial charge on any atom is -0.395 e. The summed E-state index contributed by atoms with van der Waals surface area (Å²) in [4.78, 5) is 14.2. The van der Waals surface area contributed by atoms with Gasteiger partial charge in [-0.15, -0.1) is 0 Å². The summed E-state index contributed by atoms with van der Waals surface area (Å²) in [5, 5.41) is 9.55. The van der Waals surface area contributed by atoms with Crippen LogP contribution in [0.2, 0.25) is 0 Å². The lowest BCUT2D eigenvalue weighted by molar-refractivity contribution is 0.0924. The number of H-pyrrole nitrogens is 1. The van der Waals surface area contributed by atoms with Crippen LogP contribution in [-0.4, -0.2) is 47.2 Å². The molecule has 1 amide bonds. The maximum Gasteiger partial charge on any atom is 0.273 e. The van der Waals surface area contributed by atoms with Gasteiger partial charge in [-0.3, -0.25) is 9.89 Å². The van der Waals surface area contributed by atoms with Crippen molar-refractivity contribution in [3.63, 3.8) is 0 Å². The quantitative estimate of drug-likeness (QED) is 0.730. The summed E-state index contributed by atoms with van der Waals surface area (Å²) in [7, 11) is 2.10. The molecule has 1 aliphatic heterocycles. The molecule has 1 fully saturated rings. The van der Waals surface area contributed by atoms with E-state index in [1.165, 1.54) is 12.8 Å². The molecule has 1 aliphatic rings. The maximum atomic E-state index is 11.9. The van der Waals surface area contributed by atoms with Crippen molar-refractivity contribution >= 4 is 11.6 Å². The van der Waals surface area contributed by atoms with Crippen molar-refractivity contribution < 1.29 is 4.79 Å². The molecule has 6 heteroatoms. The molecule has 1 atom stereocenters. The first-order valence-corrected chi connectivity index (χ1v) is 6.38. The van der Waals surface area contributed by atoms with Gasteiger partial charge in [0.2, 0.25) is 0 Å². The monoisotopic (exact) mass is 251 g/mol. The summed E-state index contributed by atoms with van der Waals surface area (Å²) in [6.07, 6.45) is 3.60. The van der Waals surface area contributed by atoms with Crippen molar-refractivity contribution in [3.05, 3.63) is 11.4 Å². The van der Waals surface area contributed by atoms with E-state index in [1.54, 1.807) is 6.92 Å². The molecular weight excluding hydrogens is 230 g/mol. The molecule has 1 unspecified atom stereocenters. The number of carbonyl (C=O) groups is 1. The van der Waals surface area contributed by atoms with E-state index in [-0.39, 0.29) is 5.91 Å². The van der Waals surface area contributed by atoms with Crippen molar-refractivity contribution in [2.75, 3.05) is 25.9 Å². The number of hydrogen-bond acceptors (Lipinski definition) is 4. The lowest BCUT2D eigenvalue weighted by Crippen LogP contribution is -2.44. The fraction of sp³-hybridized carbons (Fsp3) is 0.667. The van der Waals surface area contributed by atoms with Crippen LogP contribution in [0.15, 0.2) is 0 Å². The first kappa shape index (κ1) is 12.9. The number of nitrogens with one attached hydrogen (secondary N) is 2. The Hall–Kier alpha value is -1.56. The number of nitrogens with zero attached hydrogens (tertiary/aromatic N) is 2. The largest absolute Gasteiger partial charge is 0.395 e. The Morgan fingerprint density at radius 3 is 3.00 bits per heavy atom. The van der Waals surface area contributed by atoms with E-state index in [0.717, 1.165) is 18.7 Å². The Morgan fingerprint density at radius 2 is 2.39 bits per heavy atom. The fourth-order valence-electron chi connectivity index (χ4n) is 2.31. The van der Waals surface area contributed by atoms with Gasteiger partial charge in [0.15, 0.2) is 5.69 Å². The molecule has 100 valence electrons. The summed E-state index contributed by atoms with van der Waals surface area (Å²) >= 11 is 0. The zero-order valence-corrected chi connectivity index (χ0v) is 11.0. The Bertz CT molecular complexity index is 428. The molecule has 0 aromatic carbocycles. The number of anilines is 1. The maximum absolute atomic E-state index is 11.9. The lowest BCUT2D eigenvalue weighted by atomic mass is 10.0. The van der Waals surface area contributed by atoms with Gasteiger partial charge in [0, 0.05) is 12.6 Å². The smallest absolute Gasteiger partial charge is 0.273 e. The number of piperidine rings is 1. The van der Waals surface area contributed by atoms with Crippen LogP contribution in [0.3, 0.4) is 0 Å². The van der Waals surface area contributed by atoms with Crippen molar-refractivity contribution in [2.24, 2.45) is 0 Å². The van der Waals surface area contributed by atoms with Crippen LogP contribution in [0.1, 0.15) is 35.4 Å². The van der Waals surface area contributed by atoms with Gasteiger partial charge in [0.25, 0.3) is 5.91 Å². The average molecular weight is 251 g/mol. The van der Waals surface area contributed by atoms with E-state index < -0.39 is 0 Å². The third-order valence-corrected chi connectivity index (χ3v) is 3.63. The van der Waals surface area contributed by atoms with E-state index in [2.05, 4.69) is 27.5 Å². The number of hydrogen-bond donors (Lipinski definition) is 3. The summed E-state index contributed by atoms with van der Waals surface area (Å²) in [6.45, 7) is 3.55. The SMILES string of the molecule is Cc1[nH]nc(C(=O)NCC2CCCCN2C)c1N. The van der Waals surface area contributed by atoms with Crippen LogP contribution in [0.4, 0.5) is 5.69 Å². The molecule has 1 aromatic heterocycles. The fourth-order valence-corrected chi connectivity index (χ4v) is 2.31. The zero-order valence-electron chi connectivity index (χ0n) is 11.0. The van der Waals surface area contributed by atoms with E-state index in [1.807, 2.05) is 0 Å². The van der Waals surface area contributed by atoms with Crippen molar-refractivity contribution in [3.8, 4) is 0 Å². The molecule has 18 heavy (non-hydrogen) atoms. The van der Waals surface area contributed by atoms with Gasteiger partial charge < -0.3 is 16.0 Å². The summed E-state index contributed by atoms with van der Waals surface area (Å²) in [5.74, 6) is -0.198. The van der Waals surface area contributed by atoms with E-state index in [0.29, 0.717) is 24.0 Å². The number of aryl methyl sites for hydroxylation is 1. The number of likely N-dealkylation sites (tertiary alicyclic amines) is 1. The van der Waals surface area contributed by atoms with Crippen LogP contribution in [0, 0.1) is 6.92 Å². The number of aromatic amines is 1. The minimum absolute atomic E-state index is 0.198. The molecule has 4 N–H and O–H groups in total. The number of likely N-dealkylation sites (N-methyl/N-ethyl adjacent to an activating group) is 1. The van der Waals surface area contributed by atoms with Crippen LogP contribution in [0.5, 0.6) is 0 Å². The highest BCUT2D eigenvalue weighted by molar-refractivity contribution is 5.97. The number of amides is 1. The highest BCUT2D eigenvalue weighted by atomic mass is 16.1. The predicted molar refractivity (Wildman–Crippen MR) is 70.3 cm³/mol. The number of nitrogen functional groups attached to an aromatic ring is 1. The van der Waals surface area contributed by atoms with Crippen molar-refractivity contribution in [1.29, 1.82) is 0 Å². The van der Waals surface area contributed by atoms with Gasteiger partial charge >= 0.3 is 0 Å². The first-order valence-electron chi connectivity index (χ1n) is 6.38. The summed E-state index contributed by atoms with van der Waals surface area (Å²) < 4.78 is 0. The molecule has 0 aliphatic carbocycles. The Kier molecular flexibility index (Phi) is 3.86. The third-order valence-electron chi connectivity index (χ3n) is 3.63. The van der Waals surface area contributed by atoms with Crippen LogP contribution in [-0.2, 0) is 0 Å². The zero-order chi connectivity index (χ0) is 13.1. The molecule has 0 spiro atoms. The Labute approximate surface area is 107 Å².